The molecule has 0 aliphatic carbocycles. The van der Waals surface area contributed by atoms with Crippen molar-refractivity contribution in [1.82, 2.24) is 4.98 Å². The van der Waals surface area contributed by atoms with Crippen LogP contribution in [0.2, 0.25) is 0 Å². The maximum absolute atomic E-state index is 8.73. The van der Waals surface area contributed by atoms with Crippen LogP contribution in [0.1, 0.15) is 12.6 Å². The molecule has 0 radical (unpaired) electrons. The van der Waals surface area contributed by atoms with Crippen molar-refractivity contribution < 1.29 is 0 Å². The zero-order valence-electron chi connectivity index (χ0n) is 8.64. The van der Waals surface area contributed by atoms with E-state index in [4.69, 9.17) is 5.26 Å². The third-order valence-corrected chi connectivity index (χ3v) is 2.39. The van der Waals surface area contributed by atoms with Crippen LogP contribution in [0.25, 0.3) is 10.9 Å². The van der Waals surface area contributed by atoms with Crippen LogP contribution in [-0.2, 0) is 6.42 Å². The zero-order valence-corrected chi connectivity index (χ0v) is 8.64. The average Bonchev–Trinajstić information content (AvgIpc) is 2.29. The van der Waals surface area contributed by atoms with Gasteiger partial charge in [-0.2, -0.15) is 5.26 Å². The van der Waals surface area contributed by atoms with Gasteiger partial charge in [-0.3, -0.25) is 4.98 Å². The second-order valence-electron chi connectivity index (χ2n) is 3.73. The smallest absolute Gasteiger partial charge is 0.0705 e. The molecule has 1 heterocycles. The first kappa shape index (κ1) is 9.67. The van der Waals surface area contributed by atoms with E-state index in [0.717, 1.165) is 23.0 Å². The van der Waals surface area contributed by atoms with Crippen LogP contribution in [0.3, 0.4) is 0 Å². The number of benzene rings is 1. The van der Waals surface area contributed by atoms with E-state index in [-0.39, 0.29) is 5.92 Å². The molecule has 1 aromatic heterocycles. The molecule has 2 aromatic rings. The summed E-state index contributed by atoms with van der Waals surface area (Å²) in [5, 5.41) is 9.88. The Morgan fingerprint density at radius 2 is 2.07 bits per heavy atom. The van der Waals surface area contributed by atoms with Gasteiger partial charge in [0.2, 0.25) is 0 Å². The minimum Gasteiger partial charge on any atom is -0.253 e. The average molecular weight is 196 g/mol. The second-order valence-corrected chi connectivity index (χ2v) is 3.73. The van der Waals surface area contributed by atoms with Crippen molar-refractivity contribution in [1.29, 1.82) is 5.26 Å². The number of nitriles is 1. The van der Waals surface area contributed by atoms with Gasteiger partial charge in [0.15, 0.2) is 0 Å². The monoisotopic (exact) mass is 196 g/mol. The van der Waals surface area contributed by atoms with Crippen molar-refractivity contribution in [3.63, 3.8) is 0 Å². The predicted octanol–water partition coefficient (Wildman–Crippen LogP) is 2.94. The molecule has 1 atom stereocenters. The van der Waals surface area contributed by atoms with Gasteiger partial charge in [-0.25, -0.2) is 0 Å². The number of hydrogen-bond donors (Lipinski definition) is 0. The fraction of sp³-hybridized carbons (Fsp3) is 0.231. The fourth-order valence-corrected chi connectivity index (χ4v) is 1.58. The van der Waals surface area contributed by atoms with E-state index in [1.807, 2.05) is 37.3 Å². The van der Waals surface area contributed by atoms with Crippen LogP contribution >= 0.6 is 0 Å². The number of aromatic nitrogens is 1. The molecule has 0 bridgehead atoms. The number of rotatable bonds is 2. The van der Waals surface area contributed by atoms with Gasteiger partial charge in [0.05, 0.1) is 11.6 Å². The SMILES string of the molecule is CC(C#N)Cc1ccc2ccccc2n1. The molecule has 0 aliphatic heterocycles. The Labute approximate surface area is 89.2 Å². The number of para-hydroxylation sites is 1. The lowest BCUT2D eigenvalue weighted by atomic mass is 10.1. The van der Waals surface area contributed by atoms with Gasteiger partial charge in [-0.1, -0.05) is 24.3 Å². The van der Waals surface area contributed by atoms with Crippen LogP contribution in [0, 0.1) is 17.2 Å². The largest absolute Gasteiger partial charge is 0.253 e. The van der Waals surface area contributed by atoms with Gasteiger partial charge in [0.25, 0.3) is 0 Å². The van der Waals surface area contributed by atoms with Crippen molar-refractivity contribution in [2.45, 2.75) is 13.3 Å². The Balaban J connectivity index is 2.35. The van der Waals surface area contributed by atoms with E-state index in [2.05, 4.69) is 17.1 Å². The molecule has 0 amide bonds. The Kier molecular flexibility index (Phi) is 2.64. The molecule has 2 nitrogen and oxygen atoms in total. The first-order chi connectivity index (χ1) is 7.29. The Hall–Kier alpha value is -1.88. The Morgan fingerprint density at radius 1 is 1.27 bits per heavy atom. The van der Waals surface area contributed by atoms with Crippen molar-refractivity contribution >= 4 is 10.9 Å². The standard InChI is InChI=1S/C13H12N2/c1-10(9-14)8-12-7-6-11-4-2-3-5-13(11)15-12/h2-7,10H,8H2,1H3. The van der Waals surface area contributed by atoms with Gasteiger partial charge in [0, 0.05) is 23.4 Å². The summed E-state index contributed by atoms with van der Waals surface area (Å²) < 4.78 is 0. The first-order valence-electron chi connectivity index (χ1n) is 5.04. The van der Waals surface area contributed by atoms with E-state index < -0.39 is 0 Å². The van der Waals surface area contributed by atoms with Crippen LogP contribution in [0.5, 0.6) is 0 Å². The highest BCUT2D eigenvalue weighted by Gasteiger charge is 2.03. The van der Waals surface area contributed by atoms with Crippen molar-refractivity contribution in [2.24, 2.45) is 5.92 Å². The third kappa shape index (κ3) is 2.13. The summed E-state index contributed by atoms with van der Waals surface area (Å²) in [6.07, 6.45) is 0.724. The lowest BCUT2D eigenvalue weighted by molar-refractivity contribution is 0.724. The normalized spacial score (nSPS) is 12.3. The molecule has 1 unspecified atom stereocenters. The molecule has 0 fully saturated rings. The van der Waals surface area contributed by atoms with E-state index in [1.165, 1.54) is 0 Å². The predicted molar refractivity (Wildman–Crippen MR) is 60.2 cm³/mol. The molecule has 0 saturated carbocycles. The molecular formula is C13H12N2. The maximum Gasteiger partial charge on any atom is 0.0705 e. The Morgan fingerprint density at radius 3 is 2.87 bits per heavy atom. The molecule has 1 aromatic carbocycles. The molecule has 0 saturated heterocycles. The van der Waals surface area contributed by atoms with Gasteiger partial charge in [-0.15, -0.1) is 0 Å². The quantitative estimate of drug-likeness (QED) is 0.740. The minimum absolute atomic E-state index is 0.0265. The highest BCUT2D eigenvalue weighted by Crippen LogP contribution is 2.13. The summed E-state index contributed by atoms with van der Waals surface area (Å²) in [6, 6.07) is 14.3. The van der Waals surface area contributed by atoms with Gasteiger partial charge in [-0.05, 0) is 19.1 Å². The van der Waals surface area contributed by atoms with Gasteiger partial charge >= 0.3 is 0 Å². The molecule has 0 aliphatic rings. The molecule has 0 spiro atoms. The lowest BCUT2D eigenvalue weighted by Gasteiger charge is -2.03. The summed E-state index contributed by atoms with van der Waals surface area (Å²) >= 11 is 0. The van der Waals surface area contributed by atoms with E-state index in [9.17, 15) is 0 Å². The van der Waals surface area contributed by atoms with Gasteiger partial charge < -0.3 is 0 Å². The van der Waals surface area contributed by atoms with Crippen molar-refractivity contribution in [3.05, 3.63) is 42.1 Å². The maximum atomic E-state index is 8.73. The topological polar surface area (TPSA) is 36.7 Å². The molecular weight excluding hydrogens is 184 g/mol. The van der Waals surface area contributed by atoms with E-state index in [1.54, 1.807) is 0 Å². The molecule has 2 heteroatoms. The highest BCUT2D eigenvalue weighted by atomic mass is 14.7. The molecule has 74 valence electrons. The van der Waals surface area contributed by atoms with Crippen LogP contribution in [0.4, 0.5) is 0 Å². The first-order valence-corrected chi connectivity index (χ1v) is 5.04. The Bertz CT molecular complexity index is 511. The van der Waals surface area contributed by atoms with E-state index in [0.29, 0.717) is 0 Å². The van der Waals surface area contributed by atoms with Crippen LogP contribution in [0.15, 0.2) is 36.4 Å². The third-order valence-electron chi connectivity index (χ3n) is 2.39. The number of pyridine rings is 1. The zero-order chi connectivity index (χ0) is 10.7. The molecule has 2 rings (SSSR count). The van der Waals surface area contributed by atoms with E-state index >= 15 is 0 Å². The summed E-state index contributed by atoms with van der Waals surface area (Å²) in [4.78, 5) is 4.51. The molecule has 15 heavy (non-hydrogen) atoms. The summed E-state index contributed by atoms with van der Waals surface area (Å²) in [5.74, 6) is 0.0265. The van der Waals surface area contributed by atoms with Crippen LogP contribution < -0.4 is 0 Å². The summed E-state index contributed by atoms with van der Waals surface area (Å²) in [5.41, 5.74) is 1.99. The lowest BCUT2D eigenvalue weighted by Crippen LogP contribution is -1.98. The fourth-order valence-electron chi connectivity index (χ4n) is 1.58. The number of hydrogen-bond acceptors (Lipinski definition) is 2. The summed E-state index contributed by atoms with van der Waals surface area (Å²) in [7, 11) is 0. The van der Waals surface area contributed by atoms with Crippen molar-refractivity contribution in [2.75, 3.05) is 0 Å². The number of nitrogens with zero attached hydrogens (tertiary/aromatic N) is 2. The summed E-state index contributed by atoms with van der Waals surface area (Å²) in [6.45, 7) is 1.91. The second kappa shape index (κ2) is 4.10. The van der Waals surface area contributed by atoms with Gasteiger partial charge in [0.1, 0.15) is 0 Å². The number of fused-ring (bicyclic) bond motifs is 1. The minimum atomic E-state index is 0.0265. The van der Waals surface area contributed by atoms with Crippen LogP contribution in [-0.4, -0.2) is 4.98 Å². The molecule has 0 N–H and O–H groups in total. The van der Waals surface area contributed by atoms with Crippen molar-refractivity contribution in [3.8, 4) is 6.07 Å². The highest BCUT2D eigenvalue weighted by molar-refractivity contribution is 5.78.